The Kier molecular flexibility index (Phi) is 7.39. The van der Waals surface area contributed by atoms with E-state index in [4.69, 9.17) is 20.9 Å². The van der Waals surface area contributed by atoms with E-state index in [2.05, 4.69) is 6.07 Å². The first-order valence-corrected chi connectivity index (χ1v) is 7.48. The standard InChI is InChI=1S/C14H17N3O.C2HF3O2/c15-10-12-5-3-11(4-6-12)9-13(16)14(18)17-7-1-2-8-17;3-2(4,5)1(6)7/h3-6,13H,1-2,7-9,16H2;(H,6,7). The molecule has 1 amide bonds. The van der Waals surface area contributed by atoms with E-state index in [9.17, 15) is 18.0 Å². The predicted molar refractivity (Wildman–Crippen MR) is 82.3 cm³/mol. The van der Waals surface area contributed by atoms with Crippen LogP contribution >= 0.6 is 0 Å². The van der Waals surface area contributed by atoms with Gasteiger partial charge < -0.3 is 15.7 Å². The number of nitriles is 1. The van der Waals surface area contributed by atoms with E-state index < -0.39 is 18.2 Å². The number of amides is 1. The average Bonchev–Trinajstić information content (AvgIpc) is 3.09. The van der Waals surface area contributed by atoms with Crippen molar-refractivity contribution in [2.45, 2.75) is 31.5 Å². The summed E-state index contributed by atoms with van der Waals surface area (Å²) in [5, 5.41) is 15.8. The molecular formula is C16H18F3N3O3. The van der Waals surface area contributed by atoms with Gasteiger partial charge in [0.2, 0.25) is 5.91 Å². The fraction of sp³-hybridized carbons (Fsp3) is 0.438. The van der Waals surface area contributed by atoms with Gasteiger partial charge in [0.15, 0.2) is 0 Å². The quantitative estimate of drug-likeness (QED) is 0.856. The molecular weight excluding hydrogens is 339 g/mol. The Morgan fingerprint density at radius 3 is 2.12 bits per heavy atom. The molecule has 1 aliphatic rings. The lowest BCUT2D eigenvalue weighted by atomic mass is 10.0. The first kappa shape index (κ1) is 20.4. The van der Waals surface area contributed by atoms with E-state index in [1.807, 2.05) is 17.0 Å². The number of carboxylic acids is 1. The number of nitrogens with zero attached hydrogens (tertiary/aromatic N) is 2. The first-order chi connectivity index (χ1) is 11.6. The van der Waals surface area contributed by atoms with Crippen molar-refractivity contribution in [3.8, 4) is 6.07 Å². The minimum Gasteiger partial charge on any atom is -0.475 e. The lowest BCUT2D eigenvalue weighted by Crippen LogP contribution is -2.43. The van der Waals surface area contributed by atoms with Gasteiger partial charge in [-0.1, -0.05) is 12.1 Å². The molecule has 6 nitrogen and oxygen atoms in total. The number of carbonyl (C=O) groups is 2. The summed E-state index contributed by atoms with van der Waals surface area (Å²) in [4.78, 5) is 22.8. The minimum atomic E-state index is -5.08. The number of nitrogens with two attached hydrogens (primary N) is 1. The molecule has 1 saturated heterocycles. The van der Waals surface area contributed by atoms with Crippen LogP contribution in [-0.4, -0.2) is 47.2 Å². The smallest absolute Gasteiger partial charge is 0.475 e. The third-order valence-corrected chi connectivity index (χ3v) is 3.52. The molecule has 3 N–H and O–H groups in total. The van der Waals surface area contributed by atoms with E-state index in [1.54, 1.807) is 12.1 Å². The summed E-state index contributed by atoms with van der Waals surface area (Å²) < 4.78 is 31.7. The van der Waals surface area contributed by atoms with E-state index in [0.29, 0.717) is 12.0 Å². The van der Waals surface area contributed by atoms with E-state index in [1.165, 1.54) is 0 Å². The highest BCUT2D eigenvalue weighted by atomic mass is 19.4. The van der Waals surface area contributed by atoms with E-state index in [-0.39, 0.29) is 5.91 Å². The number of aliphatic carboxylic acids is 1. The molecule has 0 radical (unpaired) electrons. The summed E-state index contributed by atoms with van der Waals surface area (Å²) in [6, 6.07) is 8.81. The Balaban J connectivity index is 0.000000381. The number of alkyl halides is 3. The largest absolute Gasteiger partial charge is 0.490 e. The van der Waals surface area contributed by atoms with Crippen molar-refractivity contribution in [3.05, 3.63) is 35.4 Å². The molecule has 0 aromatic heterocycles. The van der Waals surface area contributed by atoms with Crippen LogP contribution in [0.15, 0.2) is 24.3 Å². The lowest BCUT2D eigenvalue weighted by molar-refractivity contribution is -0.192. The van der Waals surface area contributed by atoms with Gasteiger partial charge in [-0.15, -0.1) is 0 Å². The highest BCUT2D eigenvalue weighted by Crippen LogP contribution is 2.13. The summed E-state index contributed by atoms with van der Waals surface area (Å²) in [6.07, 6.45) is -2.40. The molecule has 0 spiro atoms. The second kappa shape index (κ2) is 9.03. The van der Waals surface area contributed by atoms with E-state index >= 15 is 0 Å². The molecule has 1 unspecified atom stereocenters. The number of benzene rings is 1. The summed E-state index contributed by atoms with van der Waals surface area (Å²) in [5.74, 6) is -2.72. The maximum atomic E-state index is 12.0. The molecule has 1 fully saturated rings. The Bertz CT molecular complexity index is 633. The van der Waals surface area contributed by atoms with Crippen molar-refractivity contribution in [1.82, 2.24) is 4.90 Å². The van der Waals surface area contributed by atoms with Crippen LogP contribution in [0.25, 0.3) is 0 Å². The summed E-state index contributed by atoms with van der Waals surface area (Å²) in [5.41, 5.74) is 7.56. The van der Waals surface area contributed by atoms with Gasteiger partial charge in [-0.3, -0.25) is 4.79 Å². The Hall–Kier alpha value is -2.60. The van der Waals surface area contributed by atoms with Crippen LogP contribution in [0.4, 0.5) is 13.2 Å². The SMILES string of the molecule is N#Cc1ccc(CC(N)C(=O)N2CCCC2)cc1.O=C(O)C(F)(F)F. The third kappa shape index (κ3) is 6.81. The van der Waals surface area contributed by atoms with Crippen molar-refractivity contribution in [3.63, 3.8) is 0 Å². The number of carbonyl (C=O) groups excluding carboxylic acids is 1. The van der Waals surface area contributed by atoms with Gasteiger partial charge in [0.05, 0.1) is 17.7 Å². The molecule has 1 heterocycles. The topological polar surface area (TPSA) is 107 Å². The van der Waals surface area contributed by atoms with Gasteiger partial charge >= 0.3 is 12.1 Å². The molecule has 1 aliphatic heterocycles. The summed E-state index contributed by atoms with van der Waals surface area (Å²) in [7, 11) is 0. The van der Waals surface area contributed by atoms with Crippen LogP contribution < -0.4 is 5.73 Å². The zero-order valence-corrected chi connectivity index (χ0v) is 13.3. The third-order valence-electron chi connectivity index (χ3n) is 3.52. The average molecular weight is 357 g/mol. The van der Waals surface area contributed by atoms with Crippen LogP contribution in [0.2, 0.25) is 0 Å². The van der Waals surface area contributed by atoms with Crippen molar-refractivity contribution in [2.75, 3.05) is 13.1 Å². The highest BCUT2D eigenvalue weighted by molar-refractivity contribution is 5.82. The zero-order valence-electron chi connectivity index (χ0n) is 13.3. The highest BCUT2D eigenvalue weighted by Gasteiger charge is 2.38. The van der Waals surface area contributed by atoms with Gasteiger partial charge in [0.25, 0.3) is 0 Å². The fourth-order valence-corrected chi connectivity index (χ4v) is 2.23. The molecule has 0 saturated carbocycles. The number of halogens is 3. The monoisotopic (exact) mass is 357 g/mol. The molecule has 9 heteroatoms. The predicted octanol–water partition coefficient (Wildman–Crippen LogP) is 1.68. The second-order valence-corrected chi connectivity index (χ2v) is 5.45. The first-order valence-electron chi connectivity index (χ1n) is 7.48. The van der Waals surface area contributed by atoms with Crippen molar-refractivity contribution in [2.24, 2.45) is 5.73 Å². The summed E-state index contributed by atoms with van der Waals surface area (Å²) in [6.45, 7) is 1.67. The van der Waals surface area contributed by atoms with Crippen molar-refractivity contribution >= 4 is 11.9 Å². The second-order valence-electron chi connectivity index (χ2n) is 5.45. The van der Waals surface area contributed by atoms with Crippen LogP contribution in [0.1, 0.15) is 24.0 Å². The summed E-state index contributed by atoms with van der Waals surface area (Å²) >= 11 is 0. The maximum Gasteiger partial charge on any atom is 0.490 e. The number of hydrogen-bond donors (Lipinski definition) is 2. The number of hydrogen-bond acceptors (Lipinski definition) is 4. The Morgan fingerprint density at radius 2 is 1.72 bits per heavy atom. The number of carboxylic acid groups (broad SMARTS) is 1. The molecule has 2 rings (SSSR count). The van der Waals surface area contributed by atoms with Crippen LogP contribution in [-0.2, 0) is 16.0 Å². The van der Waals surface area contributed by atoms with Gasteiger partial charge in [-0.05, 0) is 37.0 Å². The van der Waals surface area contributed by atoms with Gasteiger partial charge in [0.1, 0.15) is 0 Å². The van der Waals surface area contributed by atoms with E-state index in [0.717, 1.165) is 31.5 Å². The van der Waals surface area contributed by atoms with Crippen molar-refractivity contribution < 1.29 is 27.9 Å². The molecule has 0 bridgehead atoms. The van der Waals surface area contributed by atoms with Crippen LogP contribution in [0.3, 0.4) is 0 Å². The van der Waals surface area contributed by atoms with Crippen LogP contribution in [0.5, 0.6) is 0 Å². The molecule has 1 aromatic carbocycles. The molecule has 25 heavy (non-hydrogen) atoms. The molecule has 1 aromatic rings. The normalized spacial score (nSPS) is 14.9. The number of likely N-dealkylation sites (tertiary alicyclic amines) is 1. The Labute approximate surface area is 142 Å². The van der Waals surface area contributed by atoms with Gasteiger partial charge in [0, 0.05) is 13.1 Å². The minimum absolute atomic E-state index is 0.0388. The maximum absolute atomic E-state index is 12.0. The van der Waals surface area contributed by atoms with Crippen LogP contribution in [0, 0.1) is 11.3 Å². The van der Waals surface area contributed by atoms with Crippen molar-refractivity contribution in [1.29, 1.82) is 5.26 Å². The molecule has 136 valence electrons. The zero-order chi connectivity index (χ0) is 19.0. The lowest BCUT2D eigenvalue weighted by Gasteiger charge is -2.20. The van der Waals surface area contributed by atoms with Gasteiger partial charge in [-0.25, -0.2) is 4.79 Å². The van der Waals surface area contributed by atoms with Gasteiger partial charge in [-0.2, -0.15) is 18.4 Å². The fourth-order valence-electron chi connectivity index (χ4n) is 2.23. The number of rotatable bonds is 3. The molecule has 1 atom stereocenters. The molecule has 0 aliphatic carbocycles. The Morgan fingerprint density at radius 1 is 1.24 bits per heavy atom.